The summed E-state index contributed by atoms with van der Waals surface area (Å²) in [5, 5.41) is 5.27. The molecule has 6 heteroatoms. The van der Waals surface area contributed by atoms with Crippen LogP contribution in [-0.2, 0) is 19.1 Å². The summed E-state index contributed by atoms with van der Waals surface area (Å²) in [6, 6.07) is 7.08. The molecule has 0 unspecified atom stereocenters. The molecule has 0 heterocycles. The van der Waals surface area contributed by atoms with E-state index in [9.17, 15) is 14.4 Å². The van der Waals surface area contributed by atoms with E-state index in [2.05, 4.69) is 10.6 Å². The van der Waals surface area contributed by atoms with Gasteiger partial charge in [0.05, 0.1) is 12.5 Å². The summed E-state index contributed by atoms with van der Waals surface area (Å²) in [6.45, 7) is 5.22. The highest BCUT2D eigenvalue weighted by Crippen LogP contribution is 2.10. The summed E-state index contributed by atoms with van der Waals surface area (Å²) in [6.07, 6.45) is 3.03. The number of carbonyl (C=O) groups excluding carboxylic acids is 3. The summed E-state index contributed by atoms with van der Waals surface area (Å²) >= 11 is 0. The Morgan fingerprint density at radius 2 is 1.83 bits per heavy atom. The minimum absolute atomic E-state index is 0.135. The predicted molar refractivity (Wildman–Crippen MR) is 88.6 cm³/mol. The molecule has 0 aliphatic carbocycles. The second-order valence-electron chi connectivity index (χ2n) is 5.22. The summed E-state index contributed by atoms with van der Waals surface area (Å²) in [5.41, 5.74) is 1.52. The molecule has 124 valence electrons. The van der Waals surface area contributed by atoms with Gasteiger partial charge in [0.1, 0.15) is 0 Å². The molecule has 0 atom stereocenters. The van der Waals surface area contributed by atoms with E-state index in [1.54, 1.807) is 44.2 Å². The molecule has 0 fully saturated rings. The van der Waals surface area contributed by atoms with Gasteiger partial charge < -0.3 is 15.4 Å². The number of hydrogen-bond acceptors (Lipinski definition) is 4. The number of benzene rings is 1. The summed E-state index contributed by atoms with van der Waals surface area (Å²) in [4.78, 5) is 33.8. The van der Waals surface area contributed by atoms with Crippen LogP contribution in [-0.4, -0.2) is 30.4 Å². The zero-order chi connectivity index (χ0) is 17.2. The highest BCUT2D eigenvalue weighted by atomic mass is 16.5. The van der Waals surface area contributed by atoms with Crippen LogP contribution < -0.4 is 10.6 Å². The first-order valence-electron chi connectivity index (χ1n) is 7.40. The lowest BCUT2D eigenvalue weighted by molar-refractivity contribution is -0.147. The van der Waals surface area contributed by atoms with E-state index in [1.165, 1.54) is 13.0 Å². The number of rotatable bonds is 7. The van der Waals surface area contributed by atoms with Crippen molar-refractivity contribution in [2.24, 2.45) is 0 Å². The number of carbonyl (C=O) groups is 3. The van der Waals surface area contributed by atoms with Crippen molar-refractivity contribution in [3.63, 3.8) is 0 Å². The lowest BCUT2D eigenvalue weighted by Crippen LogP contribution is -2.25. The van der Waals surface area contributed by atoms with Gasteiger partial charge in [-0.25, -0.2) is 0 Å². The number of hydrogen-bond donors (Lipinski definition) is 2. The van der Waals surface area contributed by atoms with Crippen LogP contribution in [0.4, 0.5) is 5.69 Å². The molecule has 2 N–H and O–H groups in total. The van der Waals surface area contributed by atoms with Crippen LogP contribution in [0.25, 0.3) is 6.08 Å². The van der Waals surface area contributed by atoms with E-state index in [4.69, 9.17) is 4.74 Å². The van der Waals surface area contributed by atoms with E-state index in [0.717, 1.165) is 5.56 Å². The molecular weight excluding hydrogens is 296 g/mol. The van der Waals surface area contributed by atoms with Crippen LogP contribution in [0.15, 0.2) is 30.3 Å². The molecule has 6 nitrogen and oxygen atoms in total. The third-order valence-electron chi connectivity index (χ3n) is 2.65. The van der Waals surface area contributed by atoms with Gasteiger partial charge in [0.15, 0.2) is 0 Å². The van der Waals surface area contributed by atoms with Crippen molar-refractivity contribution in [3.8, 4) is 0 Å². The van der Waals surface area contributed by atoms with Gasteiger partial charge >= 0.3 is 5.97 Å². The molecule has 1 rings (SSSR count). The Labute approximate surface area is 135 Å². The maximum absolute atomic E-state index is 11.6. The maximum atomic E-state index is 11.6. The zero-order valence-corrected chi connectivity index (χ0v) is 13.6. The maximum Gasteiger partial charge on any atom is 0.307 e. The minimum Gasteiger partial charge on any atom is -0.463 e. The lowest BCUT2D eigenvalue weighted by Gasteiger charge is -2.07. The molecule has 0 radical (unpaired) electrons. The van der Waals surface area contributed by atoms with E-state index in [-0.39, 0.29) is 36.9 Å². The van der Waals surface area contributed by atoms with Crippen molar-refractivity contribution in [3.05, 3.63) is 35.9 Å². The fraction of sp³-hybridized carbons (Fsp3) is 0.353. The fourth-order valence-corrected chi connectivity index (χ4v) is 1.72. The van der Waals surface area contributed by atoms with Crippen LogP contribution >= 0.6 is 0 Å². The van der Waals surface area contributed by atoms with E-state index < -0.39 is 0 Å². The third kappa shape index (κ3) is 8.40. The largest absolute Gasteiger partial charge is 0.463 e. The monoisotopic (exact) mass is 318 g/mol. The second-order valence-corrected chi connectivity index (χ2v) is 5.22. The molecule has 0 aromatic heterocycles. The zero-order valence-electron chi connectivity index (χ0n) is 13.6. The molecule has 0 saturated carbocycles. The normalized spacial score (nSPS) is 10.6. The molecule has 0 aliphatic rings. The lowest BCUT2D eigenvalue weighted by atomic mass is 10.2. The number of nitrogens with one attached hydrogen (secondary N) is 2. The number of anilines is 1. The quantitative estimate of drug-likeness (QED) is 0.596. The first-order valence-corrected chi connectivity index (χ1v) is 7.40. The van der Waals surface area contributed by atoms with Gasteiger partial charge in [0, 0.05) is 25.2 Å². The Balaban J connectivity index is 2.37. The van der Waals surface area contributed by atoms with Crippen molar-refractivity contribution in [1.29, 1.82) is 0 Å². The average molecular weight is 318 g/mol. The van der Waals surface area contributed by atoms with Gasteiger partial charge in [-0.1, -0.05) is 12.1 Å². The third-order valence-corrected chi connectivity index (χ3v) is 2.65. The van der Waals surface area contributed by atoms with Gasteiger partial charge in [-0.2, -0.15) is 0 Å². The molecule has 1 aromatic carbocycles. The molecule has 2 amide bonds. The highest BCUT2D eigenvalue weighted by molar-refractivity contribution is 5.92. The van der Waals surface area contributed by atoms with Crippen LogP contribution in [0, 0.1) is 0 Å². The predicted octanol–water partition coefficient (Wildman–Crippen LogP) is 2.12. The molecule has 0 aliphatic heterocycles. The Bertz CT molecular complexity index is 577. The van der Waals surface area contributed by atoms with Crippen molar-refractivity contribution in [2.75, 3.05) is 11.9 Å². The Morgan fingerprint density at radius 3 is 2.39 bits per heavy atom. The molecule has 0 bridgehead atoms. The summed E-state index contributed by atoms with van der Waals surface area (Å²) < 4.78 is 4.96. The van der Waals surface area contributed by atoms with Crippen LogP contribution in [0.3, 0.4) is 0 Å². The molecule has 1 aromatic rings. The minimum atomic E-state index is -0.335. The van der Waals surface area contributed by atoms with Crippen LogP contribution in [0.1, 0.15) is 32.8 Å². The number of esters is 1. The van der Waals surface area contributed by atoms with Gasteiger partial charge in [0.25, 0.3) is 0 Å². The van der Waals surface area contributed by atoms with Crippen LogP contribution in [0.2, 0.25) is 0 Å². The van der Waals surface area contributed by atoms with Gasteiger partial charge in [-0.15, -0.1) is 0 Å². The topological polar surface area (TPSA) is 84.5 Å². The Kier molecular flexibility index (Phi) is 7.53. The average Bonchev–Trinajstić information content (AvgIpc) is 2.45. The highest BCUT2D eigenvalue weighted by Gasteiger charge is 2.05. The Hall–Kier alpha value is -2.63. The van der Waals surface area contributed by atoms with E-state index in [0.29, 0.717) is 5.69 Å². The first kappa shape index (κ1) is 18.4. The van der Waals surface area contributed by atoms with Crippen molar-refractivity contribution >= 4 is 29.5 Å². The standard InChI is InChI=1S/C17H22N2O4/c1-12(2)23-17(22)10-11-18-16(21)9-6-14-4-7-15(8-5-14)19-13(3)20/h4-9,12H,10-11H2,1-3H3,(H,18,21)(H,19,20)/b9-6+. The molecule has 0 spiro atoms. The van der Waals surface area contributed by atoms with Gasteiger partial charge in [-0.3, -0.25) is 14.4 Å². The SMILES string of the molecule is CC(=O)Nc1ccc(/C=C/C(=O)NCCC(=O)OC(C)C)cc1. The van der Waals surface area contributed by atoms with Gasteiger partial charge in [0.2, 0.25) is 11.8 Å². The smallest absolute Gasteiger partial charge is 0.307 e. The molecule has 0 saturated heterocycles. The van der Waals surface area contributed by atoms with Gasteiger partial charge in [-0.05, 0) is 37.6 Å². The first-order chi connectivity index (χ1) is 10.9. The van der Waals surface area contributed by atoms with Crippen molar-refractivity contribution in [2.45, 2.75) is 33.3 Å². The molecular formula is C17H22N2O4. The number of amides is 2. The number of ether oxygens (including phenoxy) is 1. The molecule has 23 heavy (non-hydrogen) atoms. The van der Waals surface area contributed by atoms with Crippen LogP contribution in [0.5, 0.6) is 0 Å². The van der Waals surface area contributed by atoms with Crippen molar-refractivity contribution in [1.82, 2.24) is 5.32 Å². The summed E-state index contributed by atoms with van der Waals surface area (Å²) in [5.74, 6) is -0.755. The summed E-state index contributed by atoms with van der Waals surface area (Å²) in [7, 11) is 0. The fourth-order valence-electron chi connectivity index (χ4n) is 1.72. The Morgan fingerprint density at radius 1 is 1.17 bits per heavy atom. The van der Waals surface area contributed by atoms with Crippen molar-refractivity contribution < 1.29 is 19.1 Å². The van der Waals surface area contributed by atoms with E-state index in [1.807, 2.05) is 0 Å². The van der Waals surface area contributed by atoms with E-state index >= 15 is 0 Å². The second kappa shape index (κ2) is 9.40.